The van der Waals surface area contributed by atoms with Gasteiger partial charge in [0.25, 0.3) is 5.91 Å². The molecule has 2 aromatic rings. The Morgan fingerprint density at radius 3 is 2.58 bits per heavy atom. The molecule has 2 rings (SSSR count). The Morgan fingerprint density at radius 2 is 1.92 bits per heavy atom. The molecule has 130 valence electrons. The van der Waals surface area contributed by atoms with E-state index in [-0.39, 0.29) is 5.91 Å². The van der Waals surface area contributed by atoms with E-state index < -0.39 is 0 Å². The number of benzene rings is 1. The van der Waals surface area contributed by atoms with Gasteiger partial charge in [0.2, 0.25) is 0 Å². The number of hydrogen-bond acceptors (Lipinski definition) is 6. The standard InChI is InChI=1S/C16H23N5O3/c1-12-15(16(22)18-9-8-17-10-11-23-2)19-20-21(12)13-4-6-14(24-3)7-5-13/h4-7,17H,8-11H2,1-3H3,(H,18,22). The van der Waals surface area contributed by atoms with Crippen LogP contribution in [0.5, 0.6) is 5.75 Å². The summed E-state index contributed by atoms with van der Waals surface area (Å²) >= 11 is 0. The molecule has 1 aromatic carbocycles. The van der Waals surface area contributed by atoms with Gasteiger partial charge in [0.1, 0.15) is 5.75 Å². The van der Waals surface area contributed by atoms with Crippen molar-refractivity contribution in [3.63, 3.8) is 0 Å². The predicted molar refractivity (Wildman–Crippen MR) is 89.7 cm³/mol. The van der Waals surface area contributed by atoms with Crippen molar-refractivity contribution in [1.29, 1.82) is 0 Å². The highest BCUT2D eigenvalue weighted by atomic mass is 16.5. The number of nitrogens with zero attached hydrogens (tertiary/aromatic N) is 3. The summed E-state index contributed by atoms with van der Waals surface area (Å²) in [5, 5.41) is 14.0. The lowest BCUT2D eigenvalue weighted by molar-refractivity contribution is 0.0948. The molecule has 24 heavy (non-hydrogen) atoms. The summed E-state index contributed by atoms with van der Waals surface area (Å²) in [6, 6.07) is 7.40. The molecule has 0 unspecified atom stereocenters. The van der Waals surface area contributed by atoms with Crippen LogP contribution in [0.1, 0.15) is 16.2 Å². The maximum Gasteiger partial charge on any atom is 0.273 e. The predicted octanol–water partition coefficient (Wildman–Crippen LogP) is 0.550. The van der Waals surface area contributed by atoms with Crippen molar-refractivity contribution in [3.8, 4) is 11.4 Å². The van der Waals surface area contributed by atoms with Gasteiger partial charge in [-0.1, -0.05) is 5.21 Å². The Bertz CT molecular complexity index is 654. The molecule has 0 aliphatic rings. The number of carbonyl (C=O) groups excluding carboxylic acids is 1. The number of nitrogens with one attached hydrogen (secondary N) is 2. The lowest BCUT2D eigenvalue weighted by atomic mass is 10.2. The average Bonchev–Trinajstić information content (AvgIpc) is 2.99. The normalized spacial score (nSPS) is 10.6. The fourth-order valence-corrected chi connectivity index (χ4v) is 2.15. The van der Waals surface area contributed by atoms with E-state index in [0.717, 1.165) is 18.0 Å². The van der Waals surface area contributed by atoms with Gasteiger partial charge in [-0.3, -0.25) is 4.79 Å². The van der Waals surface area contributed by atoms with Crippen molar-refractivity contribution >= 4 is 5.91 Å². The van der Waals surface area contributed by atoms with Crippen molar-refractivity contribution < 1.29 is 14.3 Å². The SMILES string of the molecule is COCCNCCNC(=O)c1nnn(-c2ccc(OC)cc2)c1C. The average molecular weight is 333 g/mol. The molecule has 0 radical (unpaired) electrons. The fourth-order valence-electron chi connectivity index (χ4n) is 2.15. The first-order valence-electron chi connectivity index (χ1n) is 7.72. The van der Waals surface area contributed by atoms with Crippen LogP contribution in [0.25, 0.3) is 5.69 Å². The largest absolute Gasteiger partial charge is 0.497 e. The molecule has 1 heterocycles. The van der Waals surface area contributed by atoms with E-state index in [0.29, 0.717) is 31.1 Å². The van der Waals surface area contributed by atoms with Crippen molar-refractivity contribution in [2.45, 2.75) is 6.92 Å². The number of hydrogen-bond donors (Lipinski definition) is 2. The second-order valence-electron chi connectivity index (χ2n) is 5.13. The molecule has 0 atom stereocenters. The highest BCUT2D eigenvalue weighted by Gasteiger charge is 2.16. The second-order valence-corrected chi connectivity index (χ2v) is 5.13. The van der Waals surface area contributed by atoms with E-state index in [1.54, 1.807) is 18.9 Å². The highest BCUT2D eigenvalue weighted by Crippen LogP contribution is 2.16. The Balaban J connectivity index is 1.94. The monoisotopic (exact) mass is 333 g/mol. The van der Waals surface area contributed by atoms with E-state index in [1.165, 1.54) is 0 Å². The van der Waals surface area contributed by atoms with E-state index >= 15 is 0 Å². The van der Waals surface area contributed by atoms with Gasteiger partial charge in [-0.15, -0.1) is 5.10 Å². The van der Waals surface area contributed by atoms with Crippen LogP contribution in [-0.2, 0) is 4.74 Å². The van der Waals surface area contributed by atoms with Gasteiger partial charge in [0.15, 0.2) is 5.69 Å². The lowest BCUT2D eigenvalue weighted by Gasteiger charge is -2.06. The first-order chi connectivity index (χ1) is 11.7. The van der Waals surface area contributed by atoms with Gasteiger partial charge in [0.05, 0.1) is 25.1 Å². The molecular weight excluding hydrogens is 310 g/mol. The van der Waals surface area contributed by atoms with Crippen LogP contribution in [0.15, 0.2) is 24.3 Å². The number of methoxy groups -OCH3 is 2. The van der Waals surface area contributed by atoms with E-state index in [4.69, 9.17) is 9.47 Å². The van der Waals surface area contributed by atoms with Gasteiger partial charge in [-0.05, 0) is 31.2 Å². The van der Waals surface area contributed by atoms with Gasteiger partial charge in [-0.25, -0.2) is 4.68 Å². The number of aromatic nitrogens is 3. The van der Waals surface area contributed by atoms with Crippen molar-refractivity contribution in [3.05, 3.63) is 35.7 Å². The Hall–Kier alpha value is -2.45. The summed E-state index contributed by atoms with van der Waals surface area (Å²) in [7, 11) is 3.26. The van der Waals surface area contributed by atoms with Gasteiger partial charge in [-0.2, -0.15) is 0 Å². The molecule has 0 spiro atoms. The van der Waals surface area contributed by atoms with Crippen LogP contribution in [0.3, 0.4) is 0 Å². The van der Waals surface area contributed by atoms with Gasteiger partial charge >= 0.3 is 0 Å². The van der Waals surface area contributed by atoms with E-state index in [1.807, 2.05) is 31.2 Å². The zero-order valence-electron chi connectivity index (χ0n) is 14.2. The zero-order chi connectivity index (χ0) is 17.4. The summed E-state index contributed by atoms with van der Waals surface area (Å²) in [4.78, 5) is 12.2. The van der Waals surface area contributed by atoms with E-state index in [9.17, 15) is 4.79 Å². The highest BCUT2D eigenvalue weighted by molar-refractivity contribution is 5.93. The second kappa shape index (κ2) is 8.99. The quantitative estimate of drug-likeness (QED) is 0.651. The molecule has 1 amide bonds. The Labute approximate surface area is 141 Å². The molecule has 0 fully saturated rings. The minimum Gasteiger partial charge on any atom is -0.497 e. The van der Waals surface area contributed by atoms with Crippen molar-refractivity contribution in [2.75, 3.05) is 40.5 Å². The maximum absolute atomic E-state index is 12.2. The van der Waals surface area contributed by atoms with Crippen LogP contribution in [0, 0.1) is 6.92 Å². The van der Waals surface area contributed by atoms with Crippen LogP contribution in [-0.4, -0.2) is 61.4 Å². The molecule has 0 saturated carbocycles. The fraction of sp³-hybridized carbons (Fsp3) is 0.438. The lowest BCUT2D eigenvalue weighted by Crippen LogP contribution is -2.33. The molecule has 2 N–H and O–H groups in total. The summed E-state index contributed by atoms with van der Waals surface area (Å²) in [6.45, 7) is 4.39. The van der Waals surface area contributed by atoms with Crippen molar-refractivity contribution in [2.24, 2.45) is 0 Å². The molecule has 8 nitrogen and oxygen atoms in total. The van der Waals surface area contributed by atoms with Gasteiger partial charge < -0.3 is 20.1 Å². The number of carbonyl (C=O) groups is 1. The minimum atomic E-state index is -0.235. The van der Waals surface area contributed by atoms with E-state index in [2.05, 4.69) is 20.9 Å². The Kier molecular flexibility index (Phi) is 6.71. The molecule has 8 heteroatoms. The van der Waals surface area contributed by atoms with Crippen LogP contribution < -0.4 is 15.4 Å². The smallest absolute Gasteiger partial charge is 0.273 e. The van der Waals surface area contributed by atoms with Gasteiger partial charge in [0, 0.05) is 26.7 Å². The number of ether oxygens (including phenoxy) is 2. The third-order valence-corrected chi connectivity index (χ3v) is 3.50. The summed E-state index contributed by atoms with van der Waals surface area (Å²) in [5.74, 6) is 0.524. The molecule has 0 bridgehead atoms. The summed E-state index contributed by atoms with van der Waals surface area (Å²) in [6.07, 6.45) is 0. The topological polar surface area (TPSA) is 90.3 Å². The molecular formula is C16H23N5O3. The first-order valence-corrected chi connectivity index (χ1v) is 7.72. The number of rotatable bonds is 9. The minimum absolute atomic E-state index is 0.235. The van der Waals surface area contributed by atoms with Crippen LogP contribution >= 0.6 is 0 Å². The number of amides is 1. The molecule has 0 aliphatic carbocycles. The van der Waals surface area contributed by atoms with Crippen LogP contribution in [0.2, 0.25) is 0 Å². The first kappa shape index (κ1) is 17.9. The summed E-state index contributed by atoms with van der Waals surface area (Å²) < 4.78 is 11.7. The summed E-state index contributed by atoms with van der Waals surface area (Å²) in [5.41, 5.74) is 1.83. The zero-order valence-corrected chi connectivity index (χ0v) is 14.2. The van der Waals surface area contributed by atoms with Crippen molar-refractivity contribution in [1.82, 2.24) is 25.6 Å². The maximum atomic E-state index is 12.2. The third kappa shape index (κ3) is 4.53. The molecule has 0 aliphatic heterocycles. The molecule has 1 aromatic heterocycles. The third-order valence-electron chi connectivity index (χ3n) is 3.50. The molecule has 0 saturated heterocycles. The Morgan fingerprint density at radius 1 is 1.17 bits per heavy atom. The van der Waals surface area contributed by atoms with Crippen LogP contribution in [0.4, 0.5) is 0 Å².